The molecule has 0 saturated heterocycles. The summed E-state index contributed by atoms with van der Waals surface area (Å²) < 4.78 is 14.5. The molecule has 17 heavy (non-hydrogen) atoms. The van der Waals surface area contributed by atoms with Gasteiger partial charge in [0.05, 0.1) is 12.4 Å². The highest BCUT2D eigenvalue weighted by molar-refractivity contribution is 5.77. The third kappa shape index (κ3) is 1.43. The number of nitrogen functional groups attached to an aromatic ring is 1. The molecule has 3 N–H and O–H groups in total. The highest BCUT2D eigenvalue weighted by Crippen LogP contribution is 2.23. The summed E-state index contributed by atoms with van der Waals surface area (Å²) in [5, 5.41) is 5.90. The van der Waals surface area contributed by atoms with E-state index in [2.05, 4.69) is 15.5 Å². The van der Waals surface area contributed by atoms with Gasteiger partial charge in [-0.3, -0.25) is 0 Å². The highest BCUT2D eigenvalue weighted by atomic mass is 19.1. The molecular weight excluding hydrogens is 223 g/mol. The summed E-state index contributed by atoms with van der Waals surface area (Å²) in [6, 6.07) is 0. The smallest absolute Gasteiger partial charge is 0.183 e. The lowest BCUT2D eigenvalue weighted by Crippen LogP contribution is -2.23. The molecule has 2 aromatic rings. The van der Waals surface area contributed by atoms with Crippen LogP contribution < -0.4 is 11.2 Å². The molecule has 0 saturated carbocycles. The van der Waals surface area contributed by atoms with Gasteiger partial charge >= 0.3 is 0 Å². The van der Waals surface area contributed by atoms with Gasteiger partial charge in [0.25, 0.3) is 0 Å². The molecule has 7 heteroatoms. The zero-order chi connectivity index (χ0) is 12.0. The van der Waals surface area contributed by atoms with Crippen molar-refractivity contribution in [3.05, 3.63) is 30.0 Å². The second-order valence-electron chi connectivity index (χ2n) is 3.89. The van der Waals surface area contributed by atoms with E-state index in [4.69, 9.17) is 5.73 Å². The fourth-order valence-corrected chi connectivity index (χ4v) is 1.85. The van der Waals surface area contributed by atoms with E-state index in [0.29, 0.717) is 12.2 Å². The summed E-state index contributed by atoms with van der Waals surface area (Å²) in [6.07, 6.45) is 4.70. The minimum atomic E-state index is -0.567. The molecule has 0 unspecified atom stereocenters. The number of anilines is 1. The second kappa shape index (κ2) is 3.42. The Morgan fingerprint density at radius 1 is 1.47 bits per heavy atom. The average molecular weight is 234 g/mol. The summed E-state index contributed by atoms with van der Waals surface area (Å²) >= 11 is 0. The van der Waals surface area contributed by atoms with E-state index < -0.39 is 5.82 Å². The van der Waals surface area contributed by atoms with Crippen LogP contribution in [0.4, 0.5) is 10.2 Å². The van der Waals surface area contributed by atoms with Gasteiger partial charge in [-0.25, -0.2) is 14.8 Å². The molecule has 0 amide bonds. The number of nitrogens with one attached hydrogen (secondary N) is 1. The van der Waals surface area contributed by atoms with Gasteiger partial charge in [-0.05, 0) is 5.57 Å². The van der Waals surface area contributed by atoms with Crippen LogP contribution in [-0.4, -0.2) is 33.2 Å². The third-order valence-electron chi connectivity index (χ3n) is 2.73. The fraction of sp³-hybridized carbons (Fsp3) is 0.200. The molecule has 0 aliphatic carbocycles. The van der Waals surface area contributed by atoms with Crippen LogP contribution in [0.5, 0.6) is 0 Å². The molecule has 0 atom stereocenters. The summed E-state index contributed by atoms with van der Waals surface area (Å²) in [7, 11) is 1.90. The van der Waals surface area contributed by atoms with Crippen molar-refractivity contribution in [3.63, 3.8) is 0 Å². The van der Waals surface area contributed by atoms with Gasteiger partial charge in [0.15, 0.2) is 17.3 Å². The quantitative estimate of drug-likeness (QED) is 0.739. The Bertz CT molecular complexity index is 617. The number of halogens is 1. The predicted octanol–water partition coefficient (Wildman–Crippen LogP) is 0.241. The maximum atomic E-state index is 13.2. The van der Waals surface area contributed by atoms with Crippen LogP contribution in [0.3, 0.4) is 0 Å². The van der Waals surface area contributed by atoms with Crippen molar-refractivity contribution in [2.45, 2.75) is 0 Å². The van der Waals surface area contributed by atoms with E-state index >= 15 is 0 Å². The molecule has 0 spiro atoms. The molecular formula is C10H11FN6. The van der Waals surface area contributed by atoms with E-state index in [1.165, 1.54) is 4.52 Å². The molecule has 3 heterocycles. The van der Waals surface area contributed by atoms with E-state index in [1.807, 2.05) is 18.3 Å². The number of nitrogens with zero attached hydrogens (tertiary/aromatic N) is 4. The molecule has 0 bridgehead atoms. The van der Waals surface area contributed by atoms with Crippen molar-refractivity contribution in [1.82, 2.24) is 25.0 Å². The maximum absolute atomic E-state index is 13.2. The Morgan fingerprint density at radius 3 is 3.00 bits per heavy atom. The fourth-order valence-electron chi connectivity index (χ4n) is 1.85. The Labute approximate surface area is 96.5 Å². The Balaban J connectivity index is 2.19. The molecule has 0 aromatic carbocycles. The molecule has 2 aromatic heterocycles. The Hall–Kier alpha value is -2.15. The van der Waals surface area contributed by atoms with Crippen molar-refractivity contribution in [1.29, 1.82) is 0 Å². The van der Waals surface area contributed by atoms with Crippen molar-refractivity contribution in [2.75, 3.05) is 19.3 Å². The molecule has 0 radical (unpaired) electrons. The van der Waals surface area contributed by atoms with Crippen LogP contribution in [0.25, 0.3) is 11.2 Å². The number of hydrogen-bond donors (Lipinski definition) is 2. The van der Waals surface area contributed by atoms with E-state index in [1.54, 1.807) is 6.20 Å². The van der Waals surface area contributed by atoms with Gasteiger partial charge in [-0.1, -0.05) is 0 Å². The first-order valence-electron chi connectivity index (χ1n) is 5.12. The van der Waals surface area contributed by atoms with Crippen LogP contribution in [-0.2, 0) is 0 Å². The minimum Gasteiger partial charge on any atom is -0.381 e. The SMILES string of the molecule is CN1C=C(c2cnn3c(N)c(F)cnc23)CN1. The van der Waals surface area contributed by atoms with Crippen LogP contribution in [0.15, 0.2) is 18.6 Å². The van der Waals surface area contributed by atoms with Crippen LogP contribution in [0, 0.1) is 5.82 Å². The number of nitrogens with two attached hydrogens (primary N) is 1. The zero-order valence-corrected chi connectivity index (χ0v) is 9.18. The van der Waals surface area contributed by atoms with Gasteiger partial charge in [0, 0.05) is 25.4 Å². The average Bonchev–Trinajstić information content (AvgIpc) is 2.89. The monoisotopic (exact) mass is 234 g/mol. The van der Waals surface area contributed by atoms with Gasteiger partial charge in [-0.2, -0.15) is 9.61 Å². The van der Waals surface area contributed by atoms with Crippen molar-refractivity contribution >= 4 is 17.0 Å². The first kappa shape index (κ1) is 10.0. The lowest BCUT2D eigenvalue weighted by Gasteiger charge is -2.04. The molecule has 6 nitrogen and oxygen atoms in total. The summed E-state index contributed by atoms with van der Waals surface area (Å²) in [5.41, 5.74) is 11.2. The molecule has 88 valence electrons. The zero-order valence-electron chi connectivity index (χ0n) is 9.18. The summed E-state index contributed by atoms with van der Waals surface area (Å²) in [5.74, 6) is -0.594. The minimum absolute atomic E-state index is 0.0267. The van der Waals surface area contributed by atoms with Crippen molar-refractivity contribution < 1.29 is 4.39 Å². The lowest BCUT2D eigenvalue weighted by atomic mass is 10.1. The number of aromatic nitrogens is 3. The molecule has 0 fully saturated rings. The summed E-state index contributed by atoms with van der Waals surface area (Å²) in [4.78, 5) is 4.03. The van der Waals surface area contributed by atoms with Crippen molar-refractivity contribution in [2.24, 2.45) is 0 Å². The molecule has 1 aliphatic rings. The summed E-state index contributed by atoms with van der Waals surface area (Å²) in [6.45, 7) is 0.691. The maximum Gasteiger partial charge on any atom is 0.183 e. The number of fused-ring (bicyclic) bond motifs is 1. The first-order chi connectivity index (χ1) is 8.16. The van der Waals surface area contributed by atoms with Crippen LogP contribution in [0.2, 0.25) is 0 Å². The highest BCUT2D eigenvalue weighted by Gasteiger charge is 2.17. The van der Waals surface area contributed by atoms with Crippen LogP contribution >= 0.6 is 0 Å². The van der Waals surface area contributed by atoms with Gasteiger partial charge in [0.2, 0.25) is 0 Å². The first-order valence-corrected chi connectivity index (χ1v) is 5.12. The third-order valence-corrected chi connectivity index (χ3v) is 2.73. The van der Waals surface area contributed by atoms with Gasteiger partial charge in [0.1, 0.15) is 0 Å². The Morgan fingerprint density at radius 2 is 2.29 bits per heavy atom. The normalized spacial score (nSPS) is 15.6. The predicted molar refractivity (Wildman–Crippen MR) is 61.1 cm³/mol. The molecule has 3 rings (SSSR count). The molecule has 1 aliphatic heterocycles. The lowest BCUT2D eigenvalue weighted by molar-refractivity contribution is 0.374. The van der Waals surface area contributed by atoms with E-state index in [-0.39, 0.29) is 5.82 Å². The largest absolute Gasteiger partial charge is 0.381 e. The van der Waals surface area contributed by atoms with Gasteiger partial charge in [-0.15, -0.1) is 0 Å². The number of rotatable bonds is 1. The number of hydrazine groups is 1. The topological polar surface area (TPSA) is 71.5 Å². The van der Waals surface area contributed by atoms with Gasteiger partial charge < -0.3 is 10.7 Å². The van der Waals surface area contributed by atoms with E-state index in [0.717, 1.165) is 17.3 Å². The van der Waals surface area contributed by atoms with E-state index in [9.17, 15) is 4.39 Å². The van der Waals surface area contributed by atoms with Crippen LogP contribution in [0.1, 0.15) is 5.56 Å². The standard InChI is InChI=1S/C10H11FN6/c1-16-5-6(2-14-16)7-3-15-17-9(12)8(11)4-13-10(7)17/h3-5,14H,2,12H2,1H3. The Kier molecular flexibility index (Phi) is 2.02. The second-order valence-corrected chi connectivity index (χ2v) is 3.89. The number of hydrogen-bond acceptors (Lipinski definition) is 5. The van der Waals surface area contributed by atoms with Crippen molar-refractivity contribution in [3.8, 4) is 0 Å².